The Balaban J connectivity index is 2.86. The van der Waals surface area contributed by atoms with Crippen molar-refractivity contribution >= 4 is 23.4 Å². The maximum atomic E-state index is 11.4. The molecular formula is C10H14ClN3O2. The van der Waals surface area contributed by atoms with E-state index in [0.717, 1.165) is 12.8 Å². The van der Waals surface area contributed by atoms with Gasteiger partial charge in [0.25, 0.3) is 0 Å². The van der Waals surface area contributed by atoms with Crippen molar-refractivity contribution in [2.75, 3.05) is 7.11 Å². The highest BCUT2D eigenvalue weighted by Crippen LogP contribution is 2.34. The van der Waals surface area contributed by atoms with E-state index >= 15 is 0 Å². The number of carbonyl (C=O) groups is 1. The molecule has 0 aromatic heterocycles. The monoisotopic (exact) mass is 243 g/mol. The van der Waals surface area contributed by atoms with Crippen LogP contribution >= 0.6 is 11.6 Å². The molecule has 0 aliphatic heterocycles. The molecule has 5 nitrogen and oxygen atoms in total. The highest BCUT2D eigenvalue weighted by Gasteiger charge is 2.27. The first-order valence-electron chi connectivity index (χ1n) is 4.75. The minimum atomic E-state index is -0.665. The lowest BCUT2D eigenvalue weighted by Crippen LogP contribution is -2.26. The summed E-state index contributed by atoms with van der Waals surface area (Å²) in [6, 6.07) is 0. The van der Waals surface area contributed by atoms with Gasteiger partial charge in [-0.1, -0.05) is 18.2 Å². The molecule has 4 N–H and O–H groups in total. The molecule has 0 amide bonds. The van der Waals surface area contributed by atoms with Crippen LogP contribution in [0.5, 0.6) is 0 Å². The molecule has 1 aliphatic carbocycles. The number of methoxy groups -OCH3 is 1. The number of hydrogen-bond donors (Lipinski definition) is 3. The van der Waals surface area contributed by atoms with Gasteiger partial charge >= 0.3 is 5.97 Å². The van der Waals surface area contributed by atoms with Crippen molar-refractivity contribution in [1.29, 1.82) is 5.41 Å². The summed E-state index contributed by atoms with van der Waals surface area (Å²) in [5.74, 6) is -0.698. The summed E-state index contributed by atoms with van der Waals surface area (Å²) in [5.41, 5.74) is 5.87. The lowest BCUT2D eigenvalue weighted by Gasteiger charge is -2.12. The van der Waals surface area contributed by atoms with Crippen molar-refractivity contribution in [3.05, 3.63) is 23.0 Å². The van der Waals surface area contributed by atoms with Gasteiger partial charge in [0.15, 0.2) is 0 Å². The molecule has 88 valence electrons. The Labute approximate surface area is 98.8 Å². The molecule has 0 aromatic carbocycles. The average molecular weight is 244 g/mol. The minimum Gasteiger partial charge on any atom is -0.464 e. The number of rotatable bonds is 5. The first-order chi connectivity index (χ1) is 7.47. The quantitative estimate of drug-likeness (QED) is 0.292. The maximum absolute atomic E-state index is 11.4. The first kappa shape index (κ1) is 12.6. The molecule has 1 saturated carbocycles. The Morgan fingerprint density at radius 2 is 2.19 bits per heavy atom. The van der Waals surface area contributed by atoms with E-state index in [1.54, 1.807) is 0 Å². The summed E-state index contributed by atoms with van der Waals surface area (Å²) in [6.07, 6.45) is 2.08. The second kappa shape index (κ2) is 5.03. The van der Waals surface area contributed by atoms with Crippen LogP contribution in [-0.4, -0.2) is 18.9 Å². The highest BCUT2D eigenvalue weighted by atomic mass is 35.5. The second-order valence-electron chi connectivity index (χ2n) is 3.52. The zero-order valence-electron chi connectivity index (χ0n) is 8.97. The molecule has 1 fully saturated rings. The lowest BCUT2D eigenvalue weighted by atomic mass is 10.3. The summed E-state index contributed by atoms with van der Waals surface area (Å²) >= 11 is 5.75. The van der Waals surface area contributed by atoms with E-state index in [1.165, 1.54) is 7.11 Å². The third-order valence-electron chi connectivity index (χ3n) is 2.20. The van der Waals surface area contributed by atoms with Crippen LogP contribution in [0.15, 0.2) is 23.0 Å². The SMILES string of the molecule is C=C(NC(C(=O)OC)=C(Cl)C(=N)N)C1CC1. The zero-order valence-corrected chi connectivity index (χ0v) is 9.73. The summed E-state index contributed by atoms with van der Waals surface area (Å²) in [4.78, 5) is 11.4. The second-order valence-corrected chi connectivity index (χ2v) is 3.90. The lowest BCUT2D eigenvalue weighted by molar-refractivity contribution is -0.136. The molecule has 0 radical (unpaired) electrons. The number of hydrogen-bond acceptors (Lipinski definition) is 4. The molecule has 0 heterocycles. The first-order valence-corrected chi connectivity index (χ1v) is 5.13. The number of nitrogens with two attached hydrogens (primary N) is 1. The van der Waals surface area contributed by atoms with E-state index in [9.17, 15) is 4.79 Å². The number of esters is 1. The van der Waals surface area contributed by atoms with Gasteiger partial charge in [0.1, 0.15) is 16.6 Å². The van der Waals surface area contributed by atoms with Crippen LogP contribution in [0.4, 0.5) is 0 Å². The van der Waals surface area contributed by atoms with Crippen LogP contribution < -0.4 is 11.1 Å². The standard InChI is InChI=1S/C10H14ClN3O2/c1-5(6-3-4-6)14-8(10(15)16-2)7(11)9(12)13/h6,14H,1,3-4H2,2H3,(H3,12,13). The van der Waals surface area contributed by atoms with E-state index in [-0.39, 0.29) is 10.7 Å². The Morgan fingerprint density at radius 1 is 1.62 bits per heavy atom. The van der Waals surface area contributed by atoms with Crippen molar-refractivity contribution in [2.24, 2.45) is 11.7 Å². The van der Waals surface area contributed by atoms with Gasteiger partial charge in [-0.2, -0.15) is 0 Å². The Morgan fingerprint density at radius 3 is 2.56 bits per heavy atom. The molecule has 6 heteroatoms. The van der Waals surface area contributed by atoms with Crippen LogP contribution in [-0.2, 0) is 9.53 Å². The molecule has 16 heavy (non-hydrogen) atoms. The van der Waals surface area contributed by atoms with E-state index in [1.807, 2.05) is 0 Å². The van der Waals surface area contributed by atoms with Crippen molar-refractivity contribution < 1.29 is 9.53 Å². The van der Waals surface area contributed by atoms with Crippen LogP contribution in [0.25, 0.3) is 0 Å². The number of carbonyl (C=O) groups excluding carboxylic acids is 1. The Bertz CT molecular complexity index is 372. The van der Waals surface area contributed by atoms with Crippen molar-refractivity contribution in [1.82, 2.24) is 5.32 Å². The van der Waals surface area contributed by atoms with Gasteiger partial charge in [0, 0.05) is 5.70 Å². The van der Waals surface area contributed by atoms with Crippen LogP contribution in [0, 0.1) is 11.3 Å². The fourth-order valence-electron chi connectivity index (χ4n) is 1.13. The van der Waals surface area contributed by atoms with Crippen LogP contribution in [0.1, 0.15) is 12.8 Å². The molecule has 0 aromatic rings. The van der Waals surface area contributed by atoms with Gasteiger partial charge < -0.3 is 15.8 Å². The predicted octanol–water partition coefficient (Wildman–Crippen LogP) is 1.06. The minimum absolute atomic E-state index is 0.0337. The number of halogens is 1. The van der Waals surface area contributed by atoms with E-state index in [4.69, 9.17) is 22.7 Å². The largest absolute Gasteiger partial charge is 0.464 e. The molecule has 1 aliphatic rings. The predicted molar refractivity (Wildman–Crippen MR) is 61.8 cm³/mol. The third-order valence-corrected chi connectivity index (χ3v) is 2.59. The van der Waals surface area contributed by atoms with Gasteiger partial charge in [-0.25, -0.2) is 4.79 Å². The maximum Gasteiger partial charge on any atom is 0.356 e. The van der Waals surface area contributed by atoms with E-state index in [2.05, 4.69) is 16.6 Å². The van der Waals surface area contributed by atoms with Gasteiger partial charge in [-0.05, 0) is 18.8 Å². The fourth-order valence-corrected chi connectivity index (χ4v) is 1.25. The van der Waals surface area contributed by atoms with Gasteiger partial charge in [0.05, 0.1) is 7.11 Å². The molecule has 0 bridgehead atoms. The molecule has 0 saturated heterocycles. The summed E-state index contributed by atoms with van der Waals surface area (Å²) in [5, 5.41) is 9.79. The fraction of sp³-hybridized carbons (Fsp3) is 0.400. The topological polar surface area (TPSA) is 88.2 Å². The van der Waals surface area contributed by atoms with Gasteiger partial charge in [0.2, 0.25) is 0 Å². The number of allylic oxidation sites excluding steroid dienone is 1. The number of ether oxygens (including phenoxy) is 1. The summed E-state index contributed by atoms with van der Waals surface area (Å²) in [7, 11) is 1.23. The molecule has 0 unspecified atom stereocenters. The van der Waals surface area contributed by atoms with Crippen molar-refractivity contribution in [3.8, 4) is 0 Å². The van der Waals surface area contributed by atoms with E-state index in [0.29, 0.717) is 11.6 Å². The zero-order chi connectivity index (χ0) is 12.3. The van der Waals surface area contributed by atoms with Crippen molar-refractivity contribution in [2.45, 2.75) is 12.8 Å². The normalized spacial score (nSPS) is 16.1. The van der Waals surface area contributed by atoms with Gasteiger partial charge in [-0.3, -0.25) is 5.41 Å². The number of nitrogens with one attached hydrogen (secondary N) is 2. The summed E-state index contributed by atoms with van der Waals surface area (Å²) < 4.78 is 4.55. The smallest absolute Gasteiger partial charge is 0.356 e. The third kappa shape index (κ3) is 3.00. The number of amidine groups is 1. The summed E-state index contributed by atoms with van der Waals surface area (Å²) in [6.45, 7) is 3.79. The van der Waals surface area contributed by atoms with E-state index < -0.39 is 11.8 Å². The van der Waals surface area contributed by atoms with Crippen LogP contribution in [0.3, 0.4) is 0 Å². The molecule has 1 rings (SSSR count). The van der Waals surface area contributed by atoms with Crippen molar-refractivity contribution in [3.63, 3.8) is 0 Å². The Hall–Kier alpha value is -1.49. The molecular weight excluding hydrogens is 230 g/mol. The Kier molecular flexibility index (Phi) is 3.95. The molecule has 0 spiro atoms. The van der Waals surface area contributed by atoms with Crippen LogP contribution in [0.2, 0.25) is 0 Å². The highest BCUT2D eigenvalue weighted by molar-refractivity contribution is 6.44. The average Bonchev–Trinajstić information content (AvgIpc) is 3.06. The molecule has 0 atom stereocenters. The van der Waals surface area contributed by atoms with Gasteiger partial charge in [-0.15, -0.1) is 0 Å².